The average molecular weight is 623 g/mol. The van der Waals surface area contributed by atoms with Crippen LogP contribution in [-0.2, 0) is 11.3 Å². The predicted octanol–water partition coefficient (Wildman–Crippen LogP) is 7.50. The number of amides is 2. The molecule has 5 rings (SSSR count). The molecule has 1 atom stereocenters. The Bertz CT molecular complexity index is 1700. The highest BCUT2D eigenvalue weighted by Gasteiger charge is 2.36. The molecule has 11 heteroatoms. The molecule has 222 valence electrons. The molecule has 43 heavy (non-hydrogen) atoms. The van der Waals surface area contributed by atoms with Crippen LogP contribution in [0.4, 0.5) is 9.18 Å². The summed E-state index contributed by atoms with van der Waals surface area (Å²) in [5, 5.41) is 8.49. The maximum atomic E-state index is 13.8. The molecule has 0 aliphatic carbocycles. The first-order chi connectivity index (χ1) is 20.4. The van der Waals surface area contributed by atoms with Crippen molar-refractivity contribution in [3.05, 3.63) is 111 Å². The zero-order chi connectivity index (χ0) is 30.9. The van der Waals surface area contributed by atoms with E-state index >= 15 is 0 Å². The molecule has 4 aromatic rings. The van der Waals surface area contributed by atoms with E-state index < -0.39 is 23.6 Å². The number of nitrogens with one attached hydrogen (secondary N) is 1. The second-order valence-electron chi connectivity index (χ2n) is 11.2. The van der Waals surface area contributed by atoms with Gasteiger partial charge in [0, 0.05) is 16.8 Å². The van der Waals surface area contributed by atoms with E-state index in [1.165, 1.54) is 17.0 Å². The van der Waals surface area contributed by atoms with Gasteiger partial charge in [0.2, 0.25) is 0 Å². The normalized spacial score (nSPS) is 14.8. The predicted molar refractivity (Wildman–Crippen MR) is 165 cm³/mol. The summed E-state index contributed by atoms with van der Waals surface area (Å²) in [6.07, 6.45) is 2.94. The van der Waals surface area contributed by atoms with Crippen LogP contribution in [0.25, 0.3) is 17.3 Å². The summed E-state index contributed by atoms with van der Waals surface area (Å²) in [6, 6.07) is 16.0. The van der Waals surface area contributed by atoms with Gasteiger partial charge in [0.1, 0.15) is 11.4 Å². The van der Waals surface area contributed by atoms with Crippen molar-refractivity contribution in [2.45, 2.75) is 45.9 Å². The largest absolute Gasteiger partial charge is 0.444 e. The molecule has 2 aromatic heterocycles. The van der Waals surface area contributed by atoms with Gasteiger partial charge in [-0.25, -0.2) is 13.9 Å². The molecule has 0 bridgehead atoms. The highest BCUT2D eigenvalue weighted by atomic mass is 35.5. The molecule has 2 amide bonds. The van der Waals surface area contributed by atoms with Gasteiger partial charge < -0.3 is 10.1 Å². The summed E-state index contributed by atoms with van der Waals surface area (Å²) in [6.45, 7) is 7.38. The zero-order valence-corrected chi connectivity index (χ0v) is 25.6. The summed E-state index contributed by atoms with van der Waals surface area (Å²) >= 11 is 12.8. The van der Waals surface area contributed by atoms with Crippen LogP contribution in [0, 0.1) is 5.82 Å². The lowest BCUT2D eigenvalue weighted by molar-refractivity contribution is 0.0254. The van der Waals surface area contributed by atoms with Crippen LogP contribution in [-0.4, -0.2) is 43.8 Å². The number of carbonyl (C=O) groups excluding carboxylic acids is 2. The fourth-order valence-electron chi connectivity index (χ4n) is 4.77. The first kappa shape index (κ1) is 30.3. The van der Waals surface area contributed by atoms with E-state index in [9.17, 15) is 14.0 Å². The van der Waals surface area contributed by atoms with Crippen molar-refractivity contribution < 1.29 is 18.7 Å². The number of pyridine rings is 1. The number of fused-ring (bicyclic) bond motifs is 1. The van der Waals surface area contributed by atoms with Crippen molar-refractivity contribution >= 4 is 46.9 Å². The molecule has 1 aliphatic heterocycles. The minimum absolute atomic E-state index is 0.0525. The highest BCUT2D eigenvalue weighted by molar-refractivity contribution is 6.35. The third-order valence-electron chi connectivity index (χ3n) is 6.69. The number of aromatic nitrogens is 3. The average Bonchev–Trinajstić information content (AvgIpc) is 3.33. The molecule has 0 unspecified atom stereocenters. The molecule has 2 aromatic carbocycles. The van der Waals surface area contributed by atoms with Crippen LogP contribution >= 0.6 is 23.2 Å². The molecule has 0 saturated heterocycles. The smallest absolute Gasteiger partial charge is 0.410 e. The highest BCUT2D eigenvalue weighted by Crippen LogP contribution is 2.36. The van der Waals surface area contributed by atoms with Gasteiger partial charge in [-0.3, -0.25) is 14.7 Å². The van der Waals surface area contributed by atoms with E-state index in [-0.39, 0.29) is 24.6 Å². The third-order valence-corrected chi connectivity index (χ3v) is 7.23. The summed E-state index contributed by atoms with van der Waals surface area (Å²) in [7, 11) is 0. The van der Waals surface area contributed by atoms with E-state index in [2.05, 4.69) is 10.3 Å². The molecule has 0 saturated carbocycles. The summed E-state index contributed by atoms with van der Waals surface area (Å²) in [5.41, 5.74) is 2.98. The van der Waals surface area contributed by atoms with Gasteiger partial charge in [-0.15, -0.1) is 0 Å². The quantitative estimate of drug-likeness (QED) is 0.249. The monoisotopic (exact) mass is 621 g/mol. The van der Waals surface area contributed by atoms with Crippen molar-refractivity contribution in [3.8, 4) is 5.69 Å². The van der Waals surface area contributed by atoms with E-state index in [1.54, 1.807) is 68.0 Å². The van der Waals surface area contributed by atoms with Gasteiger partial charge in [0.05, 0.1) is 41.2 Å². The first-order valence-corrected chi connectivity index (χ1v) is 14.4. The lowest BCUT2D eigenvalue weighted by Gasteiger charge is -2.32. The fraction of sp³-hybridized carbons (Fsp3) is 0.250. The Morgan fingerprint density at radius 1 is 1.07 bits per heavy atom. The van der Waals surface area contributed by atoms with Crippen LogP contribution in [0.15, 0.2) is 66.9 Å². The zero-order valence-electron chi connectivity index (χ0n) is 24.1. The van der Waals surface area contributed by atoms with Crippen LogP contribution in [0.3, 0.4) is 0 Å². The molecule has 8 nitrogen and oxygen atoms in total. The third kappa shape index (κ3) is 6.89. The lowest BCUT2D eigenvalue weighted by Crippen LogP contribution is -2.40. The second kappa shape index (κ2) is 12.2. The Balaban J connectivity index is 1.68. The van der Waals surface area contributed by atoms with E-state index in [1.807, 2.05) is 25.1 Å². The Morgan fingerprint density at radius 3 is 2.47 bits per heavy atom. The molecule has 0 spiro atoms. The number of carbonyl (C=O) groups is 2. The van der Waals surface area contributed by atoms with Crippen molar-refractivity contribution in [1.29, 1.82) is 0 Å². The Labute approximate surface area is 259 Å². The molecular weight excluding hydrogens is 592 g/mol. The number of ether oxygens (including phenoxy) is 1. The van der Waals surface area contributed by atoms with Gasteiger partial charge in [0.25, 0.3) is 5.91 Å². The van der Waals surface area contributed by atoms with Gasteiger partial charge in [0.15, 0.2) is 5.69 Å². The molecule has 1 N–H and O–H groups in total. The number of rotatable bonds is 5. The maximum absolute atomic E-state index is 13.8. The number of halogens is 3. The van der Waals surface area contributed by atoms with Crippen LogP contribution in [0.5, 0.6) is 0 Å². The summed E-state index contributed by atoms with van der Waals surface area (Å²) < 4.78 is 21.0. The minimum Gasteiger partial charge on any atom is -0.444 e. The van der Waals surface area contributed by atoms with Crippen LogP contribution in [0.1, 0.15) is 66.7 Å². The second-order valence-corrected chi connectivity index (χ2v) is 12.0. The first-order valence-electron chi connectivity index (χ1n) is 13.6. The molecular formula is C32H30Cl2FN5O3. The number of nitrogens with zero attached hydrogens (tertiary/aromatic N) is 4. The van der Waals surface area contributed by atoms with Crippen LogP contribution in [0.2, 0.25) is 10.0 Å². The molecule has 0 fully saturated rings. The Hall–Kier alpha value is -4.21. The number of benzene rings is 2. The van der Waals surface area contributed by atoms with E-state index in [4.69, 9.17) is 33.0 Å². The Kier molecular flexibility index (Phi) is 8.57. The van der Waals surface area contributed by atoms with Crippen molar-refractivity contribution in [2.24, 2.45) is 0 Å². The van der Waals surface area contributed by atoms with Crippen molar-refractivity contribution in [1.82, 2.24) is 25.0 Å². The molecule has 3 heterocycles. The van der Waals surface area contributed by atoms with Crippen LogP contribution < -0.4 is 5.32 Å². The number of hydrogen-bond donors (Lipinski definition) is 1. The SMILES string of the molecule is C[C@@H](NC(=O)c1nn(-c2ccc(Cl)cc2Cl)c2c1CN(C(=O)OC(C)(C)C)CC2=Cc1ccc(F)cc1)c1ccccn1. The van der Waals surface area contributed by atoms with E-state index in [0.29, 0.717) is 43.8 Å². The maximum Gasteiger partial charge on any atom is 0.410 e. The van der Waals surface area contributed by atoms with Gasteiger partial charge in [-0.2, -0.15) is 5.10 Å². The Morgan fingerprint density at radius 2 is 1.81 bits per heavy atom. The fourth-order valence-corrected chi connectivity index (χ4v) is 5.26. The summed E-state index contributed by atoms with van der Waals surface area (Å²) in [5.74, 6) is -0.828. The van der Waals surface area contributed by atoms with Crippen molar-refractivity contribution in [3.63, 3.8) is 0 Å². The van der Waals surface area contributed by atoms with Gasteiger partial charge in [-0.05, 0) is 87.4 Å². The topological polar surface area (TPSA) is 89.4 Å². The molecule has 1 aliphatic rings. The standard InChI is InChI=1S/C32H30Cl2FN5O3/c1-19(26-7-5-6-14-36-26)37-30(41)28-24-18-39(31(42)43-32(2,3)4)17-21(15-20-8-11-23(35)12-9-20)29(24)40(38-28)27-13-10-22(33)16-25(27)34/h5-16,19H,17-18H2,1-4H3,(H,37,41)/t19-/m1/s1. The van der Waals surface area contributed by atoms with Crippen molar-refractivity contribution in [2.75, 3.05) is 6.54 Å². The lowest BCUT2D eigenvalue weighted by atomic mass is 9.97. The van der Waals surface area contributed by atoms with E-state index in [0.717, 1.165) is 0 Å². The minimum atomic E-state index is -0.739. The summed E-state index contributed by atoms with van der Waals surface area (Å²) in [4.78, 5) is 33.0. The number of hydrogen-bond acceptors (Lipinski definition) is 5. The van der Waals surface area contributed by atoms with Gasteiger partial charge in [-0.1, -0.05) is 41.4 Å². The molecule has 0 radical (unpaired) electrons. The van der Waals surface area contributed by atoms with Gasteiger partial charge >= 0.3 is 6.09 Å².